The third kappa shape index (κ3) is 3.31. The van der Waals surface area contributed by atoms with Gasteiger partial charge in [-0.2, -0.15) is 23.5 Å². The topological polar surface area (TPSA) is 87.7 Å². The highest BCUT2D eigenvalue weighted by molar-refractivity contribution is 6.10. The predicted molar refractivity (Wildman–Crippen MR) is 95.6 cm³/mol. The van der Waals surface area contributed by atoms with Gasteiger partial charge in [-0.1, -0.05) is 0 Å². The predicted octanol–water partition coefficient (Wildman–Crippen LogP) is 3.35. The SMILES string of the molecule is Cc1cc(-c2cncc(C(F)(F)F)c2)nc2c1C(=O)N(c1cnn(CC#N)c1)C2. The normalized spacial score (nSPS) is 13.5. The molecule has 0 N–H and O–H groups in total. The molecule has 0 spiro atoms. The van der Waals surface area contributed by atoms with Crippen LogP contribution in [-0.2, 0) is 19.3 Å². The monoisotopic (exact) mass is 398 g/mol. The number of hydrogen-bond donors (Lipinski definition) is 0. The van der Waals surface area contributed by atoms with Crippen molar-refractivity contribution in [3.05, 3.63) is 59.3 Å². The molecule has 0 unspecified atom stereocenters. The van der Waals surface area contributed by atoms with E-state index in [4.69, 9.17) is 5.26 Å². The largest absolute Gasteiger partial charge is 0.417 e. The summed E-state index contributed by atoms with van der Waals surface area (Å²) in [7, 11) is 0. The minimum absolute atomic E-state index is 0.0545. The fourth-order valence-electron chi connectivity index (χ4n) is 3.24. The number of pyridine rings is 2. The Morgan fingerprint density at radius 2 is 2.03 bits per heavy atom. The summed E-state index contributed by atoms with van der Waals surface area (Å²) < 4.78 is 40.4. The van der Waals surface area contributed by atoms with E-state index in [1.54, 1.807) is 19.2 Å². The molecule has 0 bridgehead atoms. The molecule has 0 saturated carbocycles. The first-order valence-corrected chi connectivity index (χ1v) is 8.52. The maximum Gasteiger partial charge on any atom is 0.417 e. The van der Waals surface area contributed by atoms with Crippen LogP contribution in [0.1, 0.15) is 27.2 Å². The van der Waals surface area contributed by atoms with Gasteiger partial charge in [0.1, 0.15) is 6.54 Å². The number of carbonyl (C=O) groups is 1. The minimum Gasteiger partial charge on any atom is -0.299 e. The number of nitrogens with zero attached hydrogens (tertiary/aromatic N) is 6. The van der Waals surface area contributed by atoms with Crippen molar-refractivity contribution in [1.29, 1.82) is 5.26 Å². The van der Waals surface area contributed by atoms with Crippen LogP contribution in [0.3, 0.4) is 0 Å². The number of aromatic nitrogens is 4. The van der Waals surface area contributed by atoms with Crippen LogP contribution in [-0.4, -0.2) is 25.7 Å². The first kappa shape index (κ1) is 18.6. The number of hydrogen-bond acceptors (Lipinski definition) is 5. The third-order valence-corrected chi connectivity index (χ3v) is 4.58. The molecule has 4 heterocycles. The Hall–Kier alpha value is -3.74. The van der Waals surface area contributed by atoms with Crippen LogP contribution in [0.5, 0.6) is 0 Å². The molecule has 10 heteroatoms. The molecule has 0 aromatic carbocycles. The van der Waals surface area contributed by atoms with Gasteiger partial charge in [0.15, 0.2) is 0 Å². The van der Waals surface area contributed by atoms with Crippen molar-refractivity contribution >= 4 is 11.6 Å². The zero-order valence-corrected chi connectivity index (χ0v) is 15.1. The van der Waals surface area contributed by atoms with Crippen molar-refractivity contribution in [2.45, 2.75) is 26.2 Å². The van der Waals surface area contributed by atoms with E-state index in [-0.39, 0.29) is 24.6 Å². The molecular formula is C19H13F3N6O. The Morgan fingerprint density at radius 1 is 1.24 bits per heavy atom. The van der Waals surface area contributed by atoms with Crippen LogP contribution in [0.15, 0.2) is 36.9 Å². The lowest BCUT2D eigenvalue weighted by atomic mass is 10.0. The number of amides is 1. The van der Waals surface area contributed by atoms with Crippen LogP contribution in [0.4, 0.5) is 18.9 Å². The van der Waals surface area contributed by atoms with Gasteiger partial charge in [-0.15, -0.1) is 0 Å². The lowest BCUT2D eigenvalue weighted by Crippen LogP contribution is -2.22. The maximum absolute atomic E-state index is 13.0. The zero-order chi connectivity index (χ0) is 20.8. The molecule has 1 amide bonds. The minimum atomic E-state index is -4.51. The molecule has 4 rings (SSSR count). The highest BCUT2D eigenvalue weighted by atomic mass is 19.4. The molecular weight excluding hydrogens is 385 g/mol. The van der Waals surface area contributed by atoms with E-state index in [1.165, 1.54) is 22.0 Å². The summed E-state index contributed by atoms with van der Waals surface area (Å²) in [6, 6.07) is 4.53. The van der Waals surface area contributed by atoms with Gasteiger partial charge in [-0.25, -0.2) is 0 Å². The Balaban J connectivity index is 1.70. The molecule has 0 atom stereocenters. The molecule has 29 heavy (non-hydrogen) atoms. The average Bonchev–Trinajstić information content (AvgIpc) is 3.26. The van der Waals surface area contributed by atoms with Crippen molar-refractivity contribution in [2.75, 3.05) is 4.90 Å². The molecule has 146 valence electrons. The Kier molecular flexibility index (Phi) is 4.30. The van der Waals surface area contributed by atoms with Gasteiger partial charge in [0.2, 0.25) is 0 Å². The van der Waals surface area contributed by atoms with E-state index in [0.29, 0.717) is 28.2 Å². The van der Waals surface area contributed by atoms with Crippen molar-refractivity contribution in [1.82, 2.24) is 19.7 Å². The van der Waals surface area contributed by atoms with Gasteiger partial charge >= 0.3 is 6.18 Å². The number of fused-ring (bicyclic) bond motifs is 1. The van der Waals surface area contributed by atoms with Crippen molar-refractivity contribution in [3.63, 3.8) is 0 Å². The standard InChI is InChI=1S/C19H13F3N6O/c1-11-4-15(12-5-13(7-24-6-12)19(20,21)22)26-16-10-28(18(29)17(11)16)14-8-25-27(9-14)3-2-23/h4-9H,3,10H2,1H3. The summed E-state index contributed by atoms with van der Waals surface area (Å²) in [5.41, 5.74) is 1.69. The Bertz CT molecular complexity index is 1160. The molecule has 1 aliphatic heterocycles. The summed E-state index contributed by atoms with van der Waals surface area (Å²) in [6.45, 7) is 1.93. The number of nitriles is 1. The van der Waals surface area contributed by atoms with Crippen LogP contribution in [0.2, 0.25) is 0 Å². The van der Waals surface area contributed by atoms with Crippen LogP contribution in [0, 0.1) is 18.3 Å². The maximum atomic E-state index is 13.0. The van der Waals surface area contributed by atoms with E-state index in [1.807, 2.05) is 6.07 Å². The van der Waals surface area contributed by atoms with Crippen LogP contribution < -0.4 is 4.90 Å². The Labute approximate surface area is 163 Å². The second-order valence-electron chi connectivity index (χ2n) is 6.55. The number of alkyl halides is 3. The lowest BCUT2D eigenvalue weighted by Gasteiger charge is -2.11. The van der Waals surface area contributed by atoms with E-state index in [2.05, 4.69) is 15.1 Å². The summed E-state index contributed by atoms with van der Waals surface area (Å²) >= 11 is 0. The highest BCUT2D eigenvalue weighted by Gasteiger charge is 2.34. The number of anilines is 1. The van der Waals surface area contributed by atoms with Crippen molar-refractivity contribution in [2.24, 2.45) is 0 Å². The third-order valence-electron chi connectivity index (χ3n) is 4.58. The van der Waals surface area contributed by atoms with Crippen LogP contribution >= 0.6 is 0 Å². The average molecular weight is 398 g/mol. The highest BCUT2D eigenvalue weighted by Crippen LogP contribution is 2.34. The molecule has 3 aromatic rings. The fourth-order valence-corrected chi connectivity index (χ4v) is 3.24. The van der Waals surface area contributed by atoms with Gasteiger partial charge in [0, 0.05) is 24.2 Å². The number of halogens is 3. The summed E-state index contributed by atoms with van der Waals surface area (Å²) in [5.74, 6) is -0.268. The lowest BCUT2D eigenvalue weighted by molar-refractivity contribution is -0.137. The Morgan fingerprint density at radius 3 is 2.76 bits per heavy atom. The quantitative estimate of drug-likeness (QED) is 0.675. The van der Waals surface area contributed by atoms with Gasteiger partial charge in [0.25, 0.3) is 5.91 Å². The van der Waals surface area contributed by atoms with Gasteiger partial charge in [0.05, 0.1) is 47.0 Å². The van der Waals surface area contributed by atoms with E-state index >= 15 is 0 Å². The van der Waals surface area contributed by atoms with Gasteiger partial charge in [-0.05, 0) is 24.6 Å². The van der Waals surface area contributed by atoms with E-state index < -0.39 is 11.7 Å². The summed E-state index contributed by atoms with van der Waals surface area (Å²) in [4.78, 5) is 22.4. The van der Waals surface area contributed by atoms with Gasteiger partial charge < -0.3 is 0 Å². The molecule has 7 nitrogen and oxygen atoms in total. The first-order chi connectivity index (χ1) is 13.8. The second kappa shape index (κ2) is 6.70. The molecule has 3 aromatic heterocycles. The van der Waals surface area contributed by atoms with E-state index in [9.17, 15) is 18.0 Å². The smallest absolute Gasteiger partial charge is 0.299 e. The summed E-state index contributed by atoms with van der Waals surface area (Å²) in [5, 5.41) is 12.8. The number of carbonyl (C=O) groups excluding carboxylic acids is 1. The van der Waals surface area contributed by atoms with Crippen molar-refractivity contribution < 1.29 is 18.0 Å². The second-order valence-corrected chi connectivity index (χ2v) is 6.55. The number of rotatable bonds is 3. The molecule has 0 aliphatic carbocycles. The van der Waals surface area contributed by atoms with Crippen molar-refractivity contribution in [3.8, 4) is 17.3 Å². The molecule has 0 saturated heterocycles. The van der Waals surface area contributed by atoms with Gasteiger partial charge in [-0.3, -0.25) is 24.3 Å². The molecule has 0 fully saturated rings. The fraction of sp³-hybridized carbons (Fsp3) is 0.211. The molecule has 1 aliphatic rings. The number of aryl methyl sites for hydroxylation is 1. The zero-order valence-electron chi connectivity index (χ0n) is 15.1. The molecule has 0 radical (unpaired) electrons. The first-order valence-electron chi connectivity index (χ1n) is 8.52. The summed E-state index contributed by atoms with van der Waals surface area (Å²) in [6.07, 6.45) is 0.622. The van der Waals surface area contributed by atoms with E-state index in [0.717, 1.165) is 12.3 Å². The van der Waals surface area contributed by atoms with Crippen LogP contribution in [0.25, 0.3) is 11.3 Å².